The van der Waals surface area contributed by atoms with E-state index in [1.165, 1.54) is 25.7 Å². The summed E-state index contributed by atoms with van der Waals surface area (Å²) in [5.74, 6) is 5.16. The summed E-state index contributed by atoms with van der Waals surface area (Å²) in [5, 5.41) is 0. The Labute approximate surface area is 82.4 Å². The first-order chi connectivity index (χ1) is 6.26. The molecule has 2 saturated carbocycles. The van der Waals surface area contributed by atoms with Crippen LogP contribution in [0.1, 0.15) is 39.5 Å². The summed E-state index contributed by atoms with van der Waals surface area (Å²) in [4.78, 5) is 0. The highest BCUT2D eigenvalue weighted by Gasteiger charge is 2.54. The van der Waals surface area contributed by atoms with Crippen molar-refractivity contribution in [1.82, 2.24) is 0 Å². The van der Waals surface area contributed by atoms with Gasteiger partial charge in [0.1, 0.15) is 0 Å². The Morgan fingerprint density at radius 2 is 2.00 bits per heavy atom. The molecule has 0 heteroatoms. The normalized spacial score (nSPS) is 44.2. The average molecular weight is 178 g/mol. The van der Waals surface area contributed by atoms with Gasteiger partial charge in [-0.15, -0.1) is 6.58 Å². The second kappa shape index (κ2) is 3.48. The van der Waals surface area contributed by atoms with Gasteiger partial charge in [0.25, 0.3) is 0 Å². The maximum Gasteiger partial charge on any atom is -0.0262 e. The Bertz CT molecular complexity index is 182. The van der Waals surface area contributed by atoms with E-state index in [1.807, 2.05) is 0 Å². The molecular weight excluding hydrogens is 156 g/mol. The van der Waals surface area contributed by atoms with Gasteiger partial charge in [0, 0.05) is 0 Å². The van der Waals surface area contributed by atoms with Gasteiger partial charge in [-0.3, -0.25) is 0 Å². The lowest BCUT2D eigenvalue weighted by atomic mass is 9.90. The Balaban J connectivity index is 1.74. The Hall–Kier alpha value is -0.260. The lowest BCUT2D eigenvalue weighted by Crippen LogP contribution is -2.04. The van der Waals surface area contributed by atoms with Gasteiger partial charge in [-0.05, 0) is 48.9 Å². The molecule has 0 radical (unpaired) electrons. The molecule has 2 fully saturated rings. The van der Waals surface area contributed by atoms with Crippen LogP contribution in [-0.4, -0.2) is 0 Å². The van der Waals surface area contributed by atoms with Crippen LogP contribution in [0.2, 0.25) is 0 Å². The minimum Gasteiger partial charge on any atom is -0.103 e. The van der Waals surface area contributed by atoms with Gasteiger partial charge in [0.05, 0.1) is 0 Å². The lowest BCUT2D eigenvalue weighted by molar-refractivity contribution is 0.377. The molecule has 0 aliphatic heterocycles. The number of rotatable bonds is 4. The summed E-state index contributed by atoms with van der Waals surface area (Å²) in [6.07, 6.45) is 8.00. The summed E-state index contributed by atoms with van der Waals surface area (Å²) in [6.45, 7) is 8.52. The molecule has 0 nitrogen and oxygen atoms in total. The third-order valence-corrected chi connectivity index (χ3v) is 4.30. The summed E-state index contributed by atoms with van der Waals surface area (Å²) in [5.41, 5.74) is 0. The van der Waals surface area contributed by atoms with Crippen molar-refractivity contribution >= 4 is 0 Å². The van der Waals surface area contributed by atoms with Gasteiger partial charge in [-0.2, -0.15) is 0 Å². The number of fused-ring (bicyclic) bond motifs is 1. The molecule has 0 aromatic heterocycles. The van der Waals surface area contributed by atoms with Crippen molar-refractivity contribution in [2.24, 2.45) is 29.6 Å². The summed E-state index contributed by atoms with van der Waals surface area (Å²) < 4.78 is 0. The molecule has 2 rings (SSSR count). The maximum absolute atomic E-state index is 3.86. The summed E-state index contributed by atoms with van der Waals surface area (Å²) >= 11 is 0. The first kappa shape index (κ1) is 9.30. The minimum atomic E-state index is 0.738. The second-order valence-corrected chi connectivity index (χ2v) is 5.19. The largest absolute Gasteiger partial charge is 0.103 e. The zero-order valence-electron chi connectivity index (χ0n) is 9.00. The Morgan fingerprint density at radius 1 is 1.38 bits per heavy atom. The van der Waals surface area contributed by atoms with E-state index in [4.69, 9.17) is 0 Å². The molecule has 0 N–H and O–H groups in total. The topological polar surface area (TPSA) is 0 Å². The molecular formula is C13H22. The van der Waals surface area contributed by atoms with E-state index in [0.29, 0.717) is 0 Å². The fraction of sp³-hybridized carbons (Fsp3) is 0.846. The van der Waals surface area contributed by atoms with Gasteiger partial charge < -0.3 is 0 Å². The van der Waals surface area contributed by atoms with Gasteiger partial charge in [0.15, 0.2) is 0 Å². The molecule has 0 aromatic rings. The van der Waals surface area contributed by atoms with Crippen LogP contribution in [0.4, 0.5) is 0 Å². The van der Waals surface area contributed by atoms with E-state index in [0.717, 1.165) is 29.6 Å². The fourth-order valence-corrected chi connectivity index (χ4v) is 3.51. The van der Waals surface area contributed by atoms with Gasteiger partial charge in [0.2, 0.25) is 0 Å². The van der Waals surface area contributed by atoms with E-state index in [2.05, 4.69) is 26.5 Å². The van der Waals surface area contributed by atoms with Crippen molar-refractivity contribution < 1.29 is 0 Å². The van der Waals surface area contributed by atoms with E-state index >= 15 is 0 Å². The highest BCUT2D eigenvalue weighted by molar-refractivity contribution is 5.03. The van der Waals surface area contributed by atoms with E-state index in [9.17, 15) is 0 Å². The van der Waals surface area contributed by atoms with Gasteiger partial charge in [-0.1, -0.05) is 26.3 Å². The van der Waals surface area contributed by atoms with E-state index in [1.54, 1.807) is 0 Å². The summed E-state index contributed by atoms with van der Waals surface area (Å²) in [7, 11) is 0. The number of hydrogen-bond donors (Lipinski definition) is 0. The number of allylic oxidation sites excluding steroid dienone is 1. The molecule has 74 valence electrons. The van der Waals surface area contributed by atoms with Crippen molar-refractivity contribution in [2.75, 3.05) is 0 Å². The molecule has 0 spiro atoms. The molecule has 2 aliphatic rings. The molecule has 0 saturated heterocycles. The standard InChI is InChI=1S/C13H22/c1-4-9(3)6-10-7-12-11(5-2)13(12)8-10/h4,9-13H,1,5-8H2,2-3H3. The maximum atomic E-state index is 3.86. The van der Waals surface area contributed by atoms with Crippen molar-refractivity contribution in [3.8, 4) is 0 Å². The highest BCUT2D eigenvalue weighted by atomic mass is 14.6. The zero-order valence-corrected chi connectivity index (χ0v) is 9.00. The lowest BCUT2D eigenvalue weighted by Gasteiger charge is -2.16. The van der Waals surface area contributed by atoms with Crippen LogP contribution >= 0.6 is 0 Å². The average Bonchev–Trinajstić information content (AvgIpc) is 2.61. The molecule has 13 heavy (non-hydrogen) atoms. The predicted octanol–water partition coefficient (Wildman–Crippen LogP) is 3.88. The van der Waals surface area contributed by atoms with E-state index < -0.39 is 0 Å². The zero-order chi connectivity index (χ0) is 9.42. The van der Waals surface area contributed by atoms with Gasteiger partial charge in [-0.25, -0.2) is 0 Å². The third kappa shape index (κ3) is 1.68. The SMILES string of the molecule is C=CC(C)CC1CC2C(CC)C2C1. The molecule has 2 aliphatic carbocycles. The van der Waals surface area contributed by atoms with Crippen LogP contribution in [0.25, 0.3) is 0 Å². The minimum absolute atomic E-state index is 0.738. The molecule has 0 bridgehead atoms. The third-order valence-electron chi connectivity index (χ3n) is 4.30. The van der Waals surface area contributed by atoms with Crippen LogP contribution in [0.5, 0.6) is 0 Å². The van der Waals surface area contributed by atoms with Crippen molar-refractivity contribution in [1.29, 1.82) is 0 Å². The molecule has 0 aromatic carbocycles. The van der Waals surface area contributed by atoms with Crippen LogP contribution in [-0.2, 0) is 0 Å². The fourth-order valence-electron chi connectivity index (χ4n) is 3.51. The van der Waals surface area contributed by atoms with Gasteiger partial charge >= 0.3 is 0 Å². The smallest absolute Gasteiger partial charge is 0.0262 e. The summed E-state index contributed by atoms with van der Waals surface area (Å²) in [6, 6.07) is 0. The van der Waals surface area contributed by atoms with Crippen molar-refractivity contribution in [2.45, 2.75) is 39.5 Å². The van der Waals surface area contributed by atoms with Crippen LogP contribution < -0.4 is 0 Å². The molecule has 3 atom stereocenters. The number of hydrogen-bond acceptors (Lipinski definition) is 0. The first-order valence-electron chi connectivity index (χ1n) is 5.88. The van der Waals surface area contributed by atoms with Crippen molar-refractivity contribution in [3.63, 3.8) is 0 Å². The second-order valence-electron chi connectivity index (χ2n) is 5.19. The highest BCUT2D eigenvalue weighted by Crippen LogP contribution is 2.61. The van der Waals surface area contributed by atoms with Crippen LogP contribution in [0.15, 0.2) is 12.7 Å². The molecule has 3 unspecified atom stereocenters. The Morgan fingerprint density at radius 3 is 2.46 bits per heavy atom. The van der Waals surface area contributed by atoms with E-state index in [-0.39, 0.29) is 0 Å². The van der Waals surface area contributed by atoms with Crippen LogP contribution in [0, 0.1) is 29.6 Å². The monoisotopic (exact) mass is 178 g/mol. The van der Waals surface area contributed by atoms with Crippen molar-refractivity contribution in [3.05, 3.63) is 12.7 Å². The molecule has 0 amide bonds. The predicted molar refractivity (Wildman–Crippen MR) is 57.5 cm³/mol. The quantitative estimate of drug-likeness (QED) is 0.573. The molecule has 0 heterocycles. The Kier molecular flexibility index (Phi) is 2.49. The van der Waals surface area contributed by atoms with Crippen LogP contribution in [0.3, 0.4) is 0 Å². The first-order valence-corrected chi connectivity index (χ1v) is 5.88.